The first kappa shape index (κ1) is 20.9. The van der Waals surface area contributed by atoms with Crippen molar-refractivity contribution in [3.8, 4) is 0 Å². The molecule has 2 aromatic carbocycles. The van der Waals surface area contributed by atoms with E-state index in [4.69, 9.17) is 9.47 Å². The molecule has 2 aliphatic heterocycles. The van der Waals surface area contributed by atoms with Gasteiger partial charge in [0, 0.05) is 17.4 Å². The normalized spacial score (nSPS) is 22.4. The van der Waals surface area contributed by atoms with Crippen molar-refractivity contribution < 1.29 is 29.0 Å². The zero-order valence-electron chi connectivity index (χ0n) is 17.4. The molecule has 0 spiro atoms. The van der Waals surface area contributed by atoms with Gasteiger partial charge in [0.05, 0.1) is 12.6 Å². The summed E-state index contributed by atoms with van der Waals surface area (Å²) in [5.41, 5.74) is 3.25. The van der Waals surface area contributed by atoms with Gasteiger partial charge in [-0.2, -0.15) is 0 Å². The number of amides is 2. The van der Waals surface area contributed by atoms with E-state index < -0.39 is 24.2 Å². The Kier molecular flexibility index (Phi) is 5.65. The molecule has 2 amide bonds. The topological polar surface area (TPSA) is 96.4 Å². The number of hydrogen-bond donors (Lipinski definition) is 1. The molecule has 1 N–H and O–H groups in total. The summed E-state index contributed by atoms with van der Waals surface area (Å²) in [5.74, 6) is -1.31. The summed E-state index contributed by atoms with van der Waals surface area (Å²) < 4.78 is 10.6. The highest BCUT2D eigenvalue weighted by Crippen LogP contribution is 2.37. The van der Waals surface area contributed by atoms with Crippen LogP contribution in [0.1, 0.15) is 25.0 Å². The number of fused-ring (bicyclic) bond motifs is 1. The Balaban J connectivity index is 1.47. The smallest absolute Gasteiger partial charge is 0.415 e. The van der Waals surface area contributed by atoms with Crippen LogP contribution in [0.2, 0.25) is 0 Å². The molecule has 3 atom stereocenters. The van der Waals surface area contributed by atoms with Crippen molar-refractivity contribution in [2.45, 2.75) is 45.1 Å². The third-order valence-corrected chi connectivity index (χ3v) is 5.68. The van der Waals surface area contributed by atoms with Crippen LogP contribution in [0.5, 0.6) is 0 Å². The van der Waals surface area contributed by atoms with Crippen molar-refractivity contribution in [2.24, 2.45) is 0 Å². The highest BCUT2D eigenvalue weighted by atomic mass is 16.6. The van der Waals surface area contributed by atoms with E-state index in [2.05, 4.69) is 0 Å². The maximum absolute atomic E-state index is 12.8. The molecular formula is C23H24N2O6. The van der Waals surface area contributed by atoms with Crippen LogP contribution < -0.4 is 9.80 Å². The minimum Gasteiger partial charge on any atom is -0.478 e. The van der Waals surface area contributed by atoms with E-state index in [1.165, 1.54) is 4.90 Å². The van der Waals surface area contributed by atoms with E-state index in [1.54, 1.807) is 24.0 Å². The lowest BCUT2D eigenvalue weighted by atomic mass is 10.1. The third kappa shape index (κ3) is 3.98. The van der Waals surface area contributed by atoms with Gasteiger partial charge in [0.15, 0.2) is 0 Å². The minimum absolute atomic E-state index is 0.0315. The number of ether oxygens (including phenoxy) is 2. The van der Waals surface area contributed by atoms with Gasteiger partial charge in [0.1, 0.15) is 6.61 Å². The first-order valence-corrected chi connectivity index (χ1v) is 10.2. The molecule has 0 saturated carbocycles. The number of rotatable bonds is 6. The fourth-order valence-corrected chi connectivity index (χ4v) is 4.21. The van der Waals surface area contributed by atoms with Crippen molar-refractivity contribution in [1.29, 1.82) is 0 Å². The quantitative estimate of drug-likeness (QED) is 0.766. The molecule has 31 heavy (non-hydrogen) atoms. The first-order valence-electron chi connectivity index (χ1n) is 10.2. The number of anilines is 2. The Hall–Kier alpha value is -3.39. The molecule has 162 valence electrons. The molecule has 1 saturated heterocycles. The first-order chi connectivity index (χ1) is 14.9. The monoisotopic (exact) mass is 424 g/mol. The number of carboxylic acids is 1. The van der Waals surface area contributed by atoms with Crippen LogP contribution in [0.25, 0.3) is 0 Å². The number of carbonyl (C=O) groups excluding carboxylic acids is 2. The molecule has 0 bridgehead atoms. The van der Waals surface area contributed by atoms with Gasteiger partial charge in [-0.05, 0) is 49.6 Å². The van der Waals surface area contributed by atoms with E-state index in [0.717, 1.165) is 16.8 Å². The lowest BCUT2D eigenvalue weighted by molar-refractivity contribution is -0.145. The summed E-state index contributed by atoms with van der Waals surface area (Å²) in [6.07, 6.45) is -1.26. The molecule has 2 aliphatic rings. The average Bonchev–Trinajstić information content (AvgIpc) is 3.23. The summed E-state index contributed by atoms with van der Waals surface area (Å²) in [7, 11) is 0. The number of carbonyl (C=O) groups is 3. The lowest BCUT2D eigenvalue weighted by Gasteiger charge is -2.23. The Labute approximate surface area is 180 Å². The van der Waals surface area contributed by atoms with E-state index in [1.807, 2.05) is 43.3 Å². The molecule has 1 fully saturated rings. The number of benzene rings is 2. The van der Waals surface area contributed by atoms with Crippen molar-refractivity contribution in [3.63, 3.8) is 0 Å². The summed E-state index contributed by atoms with van der Waals surface area (Å²) in [4.78, 5) is 39.4. The van der Waals surface area contributed by atoms with Gasteiger partial charge < -0.3 is 19.5 Å². The lowest BCUT2D eigenvalue weighted by Crippen LogP contribution is -2.38. The molecule has 0 radical (unpaired) electrons. The van der Waals surface area contributed by atoms with E-state index in [9.17, 15) is 19.5 Å². The molecule has 4 rings (SSSR count). The fraction of sp³-hybridized carbons (Fsp3) is 0.348. The van der Waals surface area contributed by atoms with Crippen LogP contribution in [0.15, 0.2) is 48.5 Å². The molecule has 8 nitrogen and oxygen atoms in total. The Morgan fingerprint density at radius 1 is 1.16 bits per heavy atom. The van der Waals surface area contributed by atoms with Gasteiger partial charge in [-0.3, -0.25) is 9.69 Å². The van der Waals surface area contributed by atoms with Crippen molar-refractivity contribution in [2.75, 3.05) is 16.4 Å². The predicted molar refractivity (Wildman–Crippen MR) is 113 cm³/mol. The van der Waals surface area contributed by atoms with Crippen molar-refractivity contribution >= 4 is 29.3 Å². The average molecular weight is 424 g/mol. The van der Waals surface area contributed by atoms with Gasteiger partial charge in [0.25, 0.3) is 5.91 Å². The summed E-state index contributed by atoms with van der Waals surface area (Å²) in [6, 6.07) is 14.3. The molecule has 0 aromatic heterocycles. The molecule has 8 heteroatoms. The molecular weight excluding hydrogens is 400 g/mol. The van der Waals surface area contributed by atoms with E-state index >= 15 is 0 Å². The number of nitrogens with zero attached hydrogens (tertiary/aromatic N) is 2. The number of hydrogen-bond acceptors (Lipinski definition) is 5. The van der Waals surface area contributed by atoms with Crippen molar-refractivity contribution in [3.05, 3.63) is 59.7 Å². The van der Waals surface area contributed by atoms with Crippen molar-refractivity contribution in [1.82, 2.24) is 0 Å². The minimum atomic E-state index is -1.21. The van der Waals surface area contributed by atoms with Crippen LogP contribution in [-0.2, 0) is 32.1 Å². The zero-order valence-corrected chi connectivity index (χ0v) is 17.4. The van der Waals surface area contributed by atoms with Gasteiger partial charge in [-0.15, -0.1) is 0 Å². The summed E-state index contributed by atoms with van der Waals surface area (Å²) in [5, 5.41) is 9.24. The van der Waals surface area contributed by atoms with E-state index in [-0.39, 0.29) is 18.6 Å². The number of aliphatic carboxylic acids is 1. The largest absolute Gasteiger partial charge is 0.478 e. The molecule has 1 unspecified atom stereocenters. The Bertz CT molecular complexity index is 1010. The van der Waals surface area contributed by atoms with Crippen LogP contribution >= 0.6 is 0 Å². The fourth-order valence-electron chi connectivity index (χ4n) is 4.21. The summed E-state index contributed by atoms with van der Waals surface area (Å²) >= 11 is 0. The standard InChI is InChI=1S/C23H24N2O6/c1-14-10-17-11-18(25-15(2)21(22(27)28)31-23(25)29)8-9-19(17)24(14)20(26)13-30-12-16-6-4-3-5-7-16/h3-9,11,14-15,21H,10,12-13H2,1-2H3,(H,27,28)/t14-,15?,21-/m1/s1. The summed E-state index contributed by atoms with van der Waals surface area (Å²) in [6.45, 7) is 3.93. The highest BCUT2D eigenvalue weighted by Gasteiger charge is 2.44. The molecule has 2 aromatic rings. The number of carboxylic acid groups (broad SMARTS) is 1. The van der Waals surface area contributed by atoms with Crippen LogP contribution in [0.3, 0.4) is 0 Å². The van der Waals surface area contributed by atoms with Gasteiger partial charge in [0.2, 0.25) is 6.10 Å². The Morgan fingerprint density at radius 2 is 1.90 bits per heavy atom. The van der Waals surface area contributed by atoms with Gasteiger partial charge in [-0.1, -0.05) is 30.3 Å². The molecule has 0 aliphatic carbocycles. The maximum atomic E-state index is 12.8. The third-order valence-electron chi connectivity index (χ3n) is 5.68. The van der Waals surface area contributed by atoms with E-state index in [0.29, 0.717) is 18.7 Å². The highest BCUT2D eigenvalue weighted by molar-refractivity contribution is 5.99. The van der Waals surface area contributed by atoms with Gasteiger partial charge in [-0.25, -0.2) is 9.59 Å². The molecule has 2 heterocycles. The zero-order chi connectivity index (χ0) is 22.1. The second-order valence-electron chi connectivity index (χ2n) is 7.86. The van der Waals surface area contributed by atoms with Gasteiger partial charge >= 0.3 is 12.1 Å². The van der Waals surface area contributed by atoms with Crippen LogP contribution in [0.4, 0.5) is 16.2 Å². The number of cyclic esters (lactones) is 1. The second kappa shape index (κ2) is 8.39. The van der Waals surface area contributed by atoms with Crippen LogP contribution in [-0.4, -0.2) is 47.9 Å². The SMILES string of the molecule is CC1[C@H](C(=O)O)OC(=O)N1c1ccc2c(c1)C[C@@H](C)N2C(=O)COCc1ccccc1. The Morgan fingerprint density at radius 3 is 2.58 bits per heavy atom. The second-order valence-corrected chi connectivity index (χ2v) is 7.86. The predicted octanol–water partition coefficient (Wildman–Crippen LogP) is 2.98. The maximum Gasteiger partial charge on any atom is 0.415 e. The van der Waals surface area contributed by atoms with Crippen LogP contribution in [0, 0.1) is 0 Å².